The molecule has 3 aliphatic rings. The summed E-state index contributed by atoms with van der Waals surface area (Å²) in [6.45, 7) is 12.9. The van der Waals surface area contributed by atoms with Crippen molar-refractivity contribution in [3.63, 3.8) is 0 Å². The number of nitrogens with zero attached hydrogens (tertiary/aromatic N) is 5. The number of carbonyl (C=O) groups excluding carboxylic acids is 1. The summed E-state index contributed by atoms with van der Waals surface area (Å²) in [7, 11) is 3.36. The molecule has 1 aromatic carbocycles. The van der Waals surface area contributed by atoms with E-state index in [0.717, 1.165) is 48.1 Å². The van der Waals surface area contributed by atoms with Crippen molar-refractivity contribution in [2.24, 2.45) is 0 Å². The maximum atomic E-state index is 12.9. The molecular weight excluding hydrogens is 482 g/mol. The molecule has 0 unspecified atom stereocenters. The van der Waals surface area contributed by atoms with E-state index in [1.54, 1.807) is 20.5 Å². The lowest BCUT2D eigenvalue weighted by atomic mass is 9.66. The number of anilines is 2. The molecule has 9 nitrogen and oxygen atoms in total. The second kappa shape index (κ2) is 9.82. The lowest BCUT2D eigenvalue weighted by Crippen LogP contribution is -2.59. The Morgan fingerprint density at radius 1 is 1.05 bits per heavy atom. The number of aromatic nitrogens is 2. The van der Waals surface area contributed by atoms with Gasteiger partial charge in [-0.1, -0.05) is 6.42 Å². The first-order valence-electron chi connectivity index (χ1n) is 13.6. The van der Waals surface area contributed by atoms with Crippen LogP contribution in [0.15, 0.2) is 24.5 Å². The van der Waals surface area contributed by atoms with E-state index in [4.69, 9.17) is 24.2 Å². The fourth-order valence-electron chi connectivity index (χ4n) is 6.15. The Morgan fingerprint density at radius 2 is 1.79 bits per heavy atom. The van der Waals surface area contributed by atoms with Gasteiger partial charge in [-0.3, -0.25) is 0 Å². The number of methoxy groups -OCH3 is 2. The lowest BCUT2D eigenvalue weighted by molar-refractivity contribution is 0.0129. The van der Waals surface area contributed by atoms with Gasteiger partial charge >= 0.3 is 6.09 Å². The predicted octanol–water partition coefficient (Wildman–Crippen LogP) is 4.77. The standard InChI is InChI=1S/C29H41N5O4/c1-19-15-34(27(35)38-28(3,4)5)20(2)14-33(19)26-24-25(30-18-31-26)32(17-29(24)11-8-12-29)16-21-9-10-22(36-6)13-23(21)37-7/h9-10,13,18-20H,8,11-12,14-17H2,1-7H3/t19-,20+/m0/s1. The maximum Gasteiger partial charge on any atom is 0.410 e. The van der Waals surface area contributed by atoms with Gasteiger partial charge < -0.3 is 28.9 Å². The summed E-state index contributed by atoms with van der Waals surface area (Å²) in [5.74, 6) is 3.63. The molecule has 2 aliphatic heterocycles. The van der Waals surface area contributed by atoms with E-state index in [9.17, 15) is 4.79 Å². The van der Waals surface area contributed by atoms with E-state index in [0.29, 0.717) is 19.6 Å². The maximum absolute atomic E-state index is 12.9. The summed E-state index contributed by atoms with van der Waals surface area (Å²) in [6.07, 6.45) is 4.93. The predicted molar refractivity (Wildman–Crippen MR) is 147 cm³/mol. The van der Waals surface area contributed by atoms with E-state index in [2.05, 4.69) is 29.7 Å². The van der Waals surface area contributed by atoms with Gasteiger partial charge in [0.1, 0.15) is 35.1 Å². The number of amides is 1. The lowest BCUT2D eigenvalue weighted by Gasteiger charge is -2.46. The van der Waals surface area contributed by atoms with Crippen LogP contribution in [-0.2, 0) is 16.7 Å². The molecule has 0 bridgehead atoms. The summed E-state index contributed by atoms with van der Waals surface area (Å²) >= 11 is 0. The van der Waals surface area contributed by atoms with Crippen molar-refractivity contribution >= 4 is 17.7 Å². The first kappa shape index (κ1) is 26.4. The number of fused-ring (bicyclic) bond motifs is 2. The molecular formula is C29H41N5O4. The average molecular weight is 524 g/mol. The van der Waals surface area contributed by atoms with Crippen LogP contribution < -0.4 is 19.3 Å². The molecule has 1 aliphatic carbocycles. The highest BCUT2D eigenvalue weighted by atomic mass is 16.6. The average Bonchev–Trinajstić information content (AvgIpc) is 3.19. The van der Waals surface area contributed by atoms with Crippen LogP contribution in [0.25, 0.3) is 0 Å². The van der Waals surface area contributed by atoms with Crippen molar-refractivity contribution in [3.05, 3.63) is 35.7 Å². The molecule has 1 aromatic heterocycles. The van der Waals surface area contributed by atoms with Crippen molar-refractivity contribution in [1.82, 2.24) is 14.9 Å². The van der Waals surface area contributed by atoms with Crippen LogP contribution in [-0.4, -0.2) is 72.5 Å². The van der Waals surface area contributed by atoms with Crippen molar-refractivity contribution in [2.75, 3.05) is 43.7 Å². The zero-order valence-electron chi connectivity index (χ0n) is 23.8. The quantitative estimate of drug-likeness (QED) is 0.555. The molecule has 2 aromatic rings. The van der Waals surface area contributed by atoms with Gasteiger partial charge in [-0.2, -0.15) is 0 Å². The Bertz CT molecular complexity index is 1190. The third-order valence-corrected chi connectivity index (χ3v) is 8.18. The zero-order valence-corrected chi connectivity index (χ0v) is 23.8. The van der Waals surface area contributed by atoms with Crippen molar-refractivity contribution in [3.8, 4) is 11.5 Å². The van der Waals surface area contributed by atoms with E-state index >= 15 is 0 Å². The molecule has 1 saturated carbocycles. The Labute approximate surface area is 226 Å². The highest BCUT2D eigenvalue weighted by Crippen LogP contribution is 2.55. The van der Waals surface area contributed by atoms with Crippen LogP contribution >= 0.6 is 0 Å². The van der Waals surface area contributed by atoms with Crippen LogP contribution in [0.2, 0.25) is 0 Å². The van der Waals surface area contributed by atoms with Gasteiger partial charge in [0.25, 0.3) is 0 Å². The van der Waals surface area contributed by atoms with Crippen molar-refractivity contribution in [1.29, 1.82) is 0 Å². The fraction of sp³-hybridized carbons (Fsp3) is 0.621. The molecule has 5 rings (SSSR count). The summed E-state index contributed by atoms with van der Waals surface area (Å²) in [5, 5.41) is 0. The molecule has 38 heavy (non-hydrogen) atoms. The Kier molecular flexibility index (Phi) is 6.82. The molecule has 1 amide bonds. The smallest absolute Gasteiger partial charge is 0.410 e. The highest BCUT2D eigenvalue weighted by molar-refractivity contribution is 5.72. The third-order valence-electron chi connectivity index (χ3n) is 8.18. The van der Waals surface area contributed by atoms with Crippen molar-refractivity contribution < 1.29 is 19.0 Å². The minimum atomic E-state index is -0.517. The molecule has 1 saturated heterocycles. The summed E-state index contributed by atoms with van der Waals surface area (Å²) in [4.78, 5) is 29.2. The van der Waals surface area contributed by atoms with Crippen LogP contribution in [0.3, 0.4) is 0 Å². The molecule has 0 N–H and O–H groups in total. The number of carbonyl (C=O) groups is 1. The van der Waals surface area contributed by atoms with Gasteiger partial charge in [0, 0.05) is 60.9 Å². The molecule has 2 atom stereocenters. The summed E-state index contributed by atoms with van der Waals surface area (Å²) < 4.78 is 16.8. The number of rotatable bonds is 5. The number of ether oxygens (including phenoxy) is 3. The first-order valence-corrected chi connectivity index (χ1v) is 13.6. The van der Waals surface area contributed by atoms with E-state index in [1.165, 1.54) is 12.0 Å². The summed E-state index contributed by atoms with van der Waals surface area (Å²) in [5.41, 5.74) is 1.92. The van der Waals surface area contributed by atoms with Crippen LogP contribution in [0, 0.1) is 0 Å². The normalized spacial score (nSPS) is 22.2. The Balaban J connectivity index is 1.44. The van der Waals surface area contributed by atoms with Crippen LogP contribution in [0.1, 0.15) is 65.0 Å². The molecule has 2 fully saturated rings. The molecule has 3 heterocycles. The van der Waals surface area contributed by atoms with E-state index in [1.807, 2.05) is 37.8 Å². The number of piperazine rings is 1. The van der Waals surface area contributed by atoms with Crippen molar-refractivity contribution in [2.45, 2.75) is 83.5 Å². The molecule has 206 valence electrons. The minimum absolute atomic E-state index is 0.00470. The van der Waals surface area contributed by atoms with Gasteiger partial charge in [0.15, 0.2) is 0 Å². The number of hydrogen-bond donors (Lipinski definition) is 0. The van der Waals surface area contributed by atoms with Gasteiger partial charge in [0.2, 0.25) is 0 Å². The second-order valence-electron chi connectivity index (χ2n) is 12.0. The highest BCUT2D eigenvalue weighted by Gasteiger charge is 2.51. The fourth-order valence-corrected chi connectivity index (χ4v) is 6.15. The Morgan fingerprint density at radius 3 is 2.42 bits per heavy atom. The second-order valence-corrected chi connectivity index (χ2v) is 12.0. The van der Waals surface area contributed by atoms with Crippen LogP contribution in [0.5, 0.6) is 11.5 Å². The summed E-state index contributed by atoms with van der Waals surface area (Å²) in [6, 6.07) is 6.09. The molecule has 1 spiro atoms. The van der Waals surface area contributed by atoms with Gasteiger partial charge in [-0.25, -0.2) is 14.8 Å². The number of hydrogen-bond acceptors (Lipinski definition) is 8. The molecule has 0 radical (unpaired) electrons. The minimum Gasteiger partial charge on any atom is -0.497 e. The number of benzene rings is 1. The molecule has 9 heteroatoms. The van der Waals surface area contributed by atoms with Gasteiger partial charge in [-0.15, -0.1) is 0 Å². The van der Waals surface area contributed by atoms with Gasteiger partial charge in [0.05, 0.1) is 14.2 Å². The largest absolute Gasteiger partial charge is 0.497 e. The monoisotopic (exact) mass is 523 g/mol. The third kappa shape index (κ3) is 4.71. The van der Waals surface area contributed by atoms with Crippen LogP contribution in [0.4, 0.5) is 16.4 Å². The van der Waals surface area contributed by atoms with E-state index < -0.39 is 5.60 Å². The zero-order chi connectivity index (χ0) is 27.2. The topological polar surface area (TPSA) is 80.3 Å². The first-order chi connectivity index (χ1) is 18.0. The van der Waals surface area contributed by atoms with E-state index in [-0.39, 0.29) is 23.6 Å². The SMILES string of the molecule is COc1ccc(CN2CC3(CCC3)c3c2ncnc3N2C[C@@H](C)N(C(=O)OC(C)(C)C)C[C@@H]2C)c(OC)c1. The Hall–Kier alpha value is -3.23. The van der Waals surface area contributed by atoms with Gasteiger partial charge in [-0.05, 0) is 59.6 Å².